The Hall–Kier alpha value is -4.69. The van der Waals surface area contributed by atoms with Crippen molar-refractivity contribution in [1.29, 1.82) is 0 Å². The van der Waals surface area contributed by atoms with Crippen LogP contribution in [0.25, 0.3) is 16.8 Å². The molecule has 0 unspecified atom stereocenters. The van der Waals surface area contributed by atoms with Crippen LogP contribution in [0.4, 0.5) is 36.6 Å². The first-order valence-electron chi connectivity index (χ1n) is 12.0. The molecule has 2 amide bonds. The maximum absolute atomic E-state index is 15.0. The van der Waals surface area contributed by atoms with E-state index >= 15 is 0 Å². The van der Waals surface area contributed by atoms with Crippen molar-refractivity contribution in [2.45, 2.75) is 25.1 Å². The van der Waals surface area contributed by atoms with E-state index in [0.29, 0.717) is 6.07 Å². The fraction of sp³-hybridized carbons (Fsp3) is 0.231. The second-order valence-corrected chi connectivity index (χ2v) is 9.25. The van der Waals surface area contributed by atoms with Crippen LogP contribution >= 0.6 is 0 Å². The number of fused-ring (bicyclic) bond motifs is 1. The lowest BCUT2D eigenvalue weighted by Crippen LogP contribution is -2.42. The number of hydrogen-bond donors (Lipinski definition) is 2. The quantitative estimate of drug-likeness (QED) is 0.342. The third kappa shape index (κ3) is 5.02. The Labute approximate surface area is 226 Å². The highest BCUT2D eigenvalue weighted by molar-refractivity contribution is 5.98. The fourth-order valence-corrected chi connectivity index (χ4v) is 4.73. The molecule has 1 fully saturated rings. The number of carbonyl (C=O) groups is 2. The van der Waals surface area contributed by atoms with E-state index in [9.17, 15) is 40.3 Å². The summed E-state index contributed by atoms with van der Waals surface area (Å²) in [6.07, 6.45) is -5.83. The van der Waals surface area contributed by atoms with E-state index in [1.165, 1.54) is 18.2 Å². The number of nitrogens with two attached hydrogens (primary N) is 1. The number of amides is 2. The van der Waals surface area contributed by atoms with Crippen molar-refractivity contribution in [3.8, 4) is 11.3 Å². The number of benzene rings is 2. The first kappa shape index (κ1) is 27.9. The Morgan fingerprint density at radius 3 is 2.46 bits per heavy atom. The van der Waals surface area contributed by atoms with Crippen molar-refractivity contribution in [3.05, 3.63) is 82.7 Å². The van der Waals surface area contributed by atoms with Gasteiger partial charge < -0.3 is 16.0 Å². The van der Waals surface area contributed by atoms with Gasteiger partial charge in [-0.2, -0.15) is 18.3 Å². The zero-order chi connectivity index (χ0) is 29.6. The SMILES string of the molecule is Nc1ncnn2c(-c3cc(F)c(CF)c(C(=O)N[C@@H]4CN(C(=O)c5ccccc5F)C[C@@H]4F)c3)cc(C(F)(F)F)c12. The van der Waals surface area contributed by atoms with Crippen LogP contribution < -0.4 is 11.1 Å². The molecular formula is C26H19F7N6O2. The zero-order valence-corrected chi connectivity index (χ0v) is 20.7. The van der Waals surface area contributed by atoms with E-state index in [1.807, 2.05) is 0 Å². The molecule has 1 aliphatic rings. The molecule has 0 aliphatic carbocycles. The summed E-state index contributed by atoms with van der Waals surface area (Å²) in [6, 6.07) is 6.05. The Bertz CT molecular complexity index is 1670. The first-order valence-corrected chi connectivity index (χ1v) is 12.0. The Morgan fingerprint density at radius 2 is 1.78 bits per heavy atom. The second-order valence-electron chi connectivity index (χ2n) is 9.25. The standard InChI is InChI=1S/C26H19F7N6O2/c27-8-15-14(24(40)37-20-10-38(9-19(20)30)25(41)13-3-1-2-4-17(13)28)5-12(6-18(15)29)21-7-16(26(31,32)33)22-23(34)35-11-36-39(21)22/h1-7,11,19-20H,8-10H2,(H,37,40)(H2,34,35,36)/t19-,20+/m0/s1. The molecular weight excluding hydrogens is 561 g/mol. The molecule has 2 aromatic carbocycles. The van der Waals surface area contributed by atoms with Crippen molar-refractivity contribution < 1.29 is 40.3 Å². The largest absolute Gasteiger partial charge is 0.418 e. The van der Waals surface area contributed by atoms with Crippen molar-refractivity contribution >= 4 is 23.1 Å². The summed E-state index contributed by atoms with van der Waals surface area (Å²) in [4.78, 5) is 30.4. The second kappa shape index (κ2) is 10.4. The Balaban J connectivity index is 1.48. The van der Waals surface area contributed by atoms with Crippen LogP contribution in [0.2, 0.25) is 0 Å². The monoisotopic (exact) mass is 580 g/mol. The Morgan fingerprint density at radius 1 is 1.05 bits per heavy atom. The van der Waals surface area contributed by atoms with Gasteiger partial charge >= 0.3 is 6.18 Å². The molecule has 3 N–H and O–H groups in total. The third-order valence-electron chi connectivity index (χ3n) is 6.71. The average Bonchev–Trinajstić information content (AvgIpc) is 3.50. The highest BCUT2D eigenvalue weighted by Gasteiger charge is 2.39. The number of alkyl halides is 5. The van der Waals surface area contributed by atoms with Gasteiger partial charge in [0.05, 0.1) is 29.4 Å². The smallest absolute Gasteiger partial charge is 0.382 e. The van der Waals surface area contributed by atoms with Gasteiger partial charge in [0.15, 0.2) is 5.82 Å². The summed E-state index contributed by atoms with van der Waals surface area (Å²) < 4.78 is 99.6. The van der Waals surface area contributed by atoms with Gasteiger partial charge in [-0.25, -0.2) is 27.1 Å². The van der Waals surface area contributed by atoms with E-state index < -0.39 is 83.1 Å². The van der Waals surface area contributed by atoms with Crippen LogP contribution in [0.1, 0.15) is 31.8 Å². The summed E-state index contributed by atoms with van der Waals surface area (Å²) in [6.45, 7) is -2.32. The van der Waals surface area contributed by atoms with E-state index in [2.05, 4.69) is 15.4 Å². The minimum absolute atomic E-state index is 0.284. The maximum atomic E-state index is 15.0. The van der Waals surface area contributed by atoms with Crippen LogP contribution in [-0.4, -0.2) is 56.6 Å². The molecule has 0 spiro atoms. The summed E-state index contributed by atoms with van der Waals surface area (Å²) in [5, 5.41) is 6.05. The molecule has 8 nitrogen and oxygen atoms in total. The van der Waals surface area contributed by atoms with Gasteiger partial charge in [0.2, 0.25) is 0 Å². The lowest BCUT2D eigenvalue weighted by molar-refractivity contribution is -0.136. The lowest BCUT2D eigenvalue weighted by Gasteiger charge is -2.18. The van der Waals surface area contributed by atoms with Gasteiger partial charge in [0.25, 0.3) is 11.8 Å². The molecule has 5 rings (SSSR count). The number of likely N-dealkylation sites (tertiary alicyclic amines) is 1. The maximum Gasteiger partial charge on any atom is 0.418 e. The fourth-order valence-electron chi connectivity index (χ4n) is 4.73. The van der Waals surface area contributed by atoms with Crippen LogP contribution in [0.15, 0.2) is 48.8 Å². The number of nitrogens with one attached hydrogen (secondary N) is 1. The molecule has 0 bridgehead atoms. The van der Waals surface area contributed by atoms with Crippen LogP contribution in [0, 0.1) is 11.6 Å². The molecule has 41 heavy (non-hydrogen) atoms. The number of nitrogens with zero attached hydrogens (tertiary/aromatic N) is 4. The number of rotatable bonds is 5. The molecule has 2 aromatic heterocycles. The number of halogens is 7. The first-order chi connectivity index (χ1) is 19.4. The highest BCUT2D eigenvalue weighted by atomic mass is 19.4. The van der Waals surface area contributed by atoms with Gasteiger partial charge in [0, 0.05) is 23.2 Å². The van der Waals surface area contributed by atoms with Gasteiger partial charge in [0.1, 0.15) is 36.3 Å². The number of nitrogen functional groups attached to an aromatic ring is 1. The van der Waals surface area contributed by atoms with E-state index in [-0.39, 0.29) is 23.4 Å². The van der Waals surface area contributed by atoms with E-state index in [4.69, 9.17) is 5.73 Å². The minimum Gasteiger partial charge on any atom is -0.382 e. The van der Waals surface area contributed by atoms with E-state index in [0.717, 1.165) is 33.9 Å². The van der Waals surface area contributed by atoms with Crippen molar-refractivity contribution in [1.82, 2.24) is 24.8 Å². The Kier molecular flexibility index (Phi) is 7.05. The molecule has 1 aliphatic heterocycles. The lowest BCUT2D eigenvalue weighted by atomic mass is 10.0. The average molecular weight is 580 g/mol. The number of aromatic nitrogens is 3. The molecule has 0 radical (unpaired) electrons. The summed E-state index contributed by atoms with van der Waals surface area (Å²) in [5.41, 5.74) is 1.56. The number of carbonyl (C=O) groups excluding carboxylic acids is 2. The minimum atomic E-state index is -4.90. The van der Waals surface area contributed by atoms with Gasteiger partial charge in [-0.15, -0.1) is 0 Å². The van der Waals surface area contributed by atoms with Crippen LogP contribution in [0.5, 0.6) is 0 Å². The molecule has 0 saturated carbocycles. The van der Waals surface area contributed by atoms with Gasteiger partial charge in [-0.1, -0.05) is 12.1 Å². The molecule has 3 heterocycles. The summed E-state index contributed by atoms with van der Waals surface area (Å²) >= 11 is 0. The summed E-state index contributed by atoms with van der Waals surface area (Å²) in [5.74, 6) is -4.54. The molecule has 2 atom stereocenters. The van der Waals surface area contributed by atoms with Crippen molar-refractivity contribution in [2.24, 2.45) is 0 Å². The predicted molar refractivity (Wildman–Crippen MR) is 131 cm³/mol. The highest BCUT2D eigenvalue weighted by Crippen LogP contribution is 2.39. The van der Waals surface area contributed by atoms with Crippen molar-refractivity contribution in [3.63, 3.8) is 0 Å². The topological polar surface area (TPSA) is 106 Å². The zero-order valence-electron chi connectivity index (χ0n) is 20.7. The molecule has 214 valence electrons. The molecule has 4 aromatic rings. The number of hydrogen-bond acceptors (Lipinski definition) is 5. The molecule has 15 heteroatoms. The van der Waals surface area contributed by atoms with Gasteiger partial charge in [-0.05, 0) is 30.3 Å². The van der Waals surface area contributed by atoms with Crippen LogP contribution in [-0.2, 0) is 12.9 Å². The molecule has 1 saturated heterocycles. The van der Waals surface area contributed by atoms with Crippen LogP contribution in [0.3, 0.4) is 0 Å². The predicted octanol–water partition coefficient (Wildman–Crippen LogP) is 4.34. The third-order valence-corrected chi connectivity index (χ3v) is 6.71. The summed E-state index contributed by atoms with van der Waals surface area (Å²) in [7, 11) is 0. The van der Waals surface area contributed by atoms with E-state index in [1.54, 1.807) is 0 Å². The normalized spacial score (nSPS) is 17.3. The number of anilines is 1. The van der Waals surface area contributed by atoms with Gasteiger partial charge in [-0.3, -0.25) is 9.59 Å². The van der Waals surface area contributed by atoms with Crippen molar-refractivity contribution in [2.75, 3.05) is 18.8 Å².